The lowest BCUT2D eigenvalue weighted by molar-refractivity contribution is -0.164. The highest BCUT2D eigenvalue weighted by Crippen LogP contribution is 2.15. The highest BCUT2D eigenvalue weighted by atomic mass is 35.5. The molecule has 1 amide bonds. The fourth-order valence-corrected chi connectivity index (χ4v) is 2.27. The molecule has 8 heteroatoms. The summed E-state index contributed by atoms with van der Waals surface area (Å²) >= 11 is 5.88. The third-order valence-corrected chi connectivity index (χ3v) is 4.15. The lowest BCUT2D eigenvalue weighted by Crippen LogP contribution is -2.48. The van der Waals surface area contributed by atoms with E-state index < -0.39 is 30.1 Å². The molecule has 7 nitrogen and oxygen atoms in total. The Kier molecular flexibility index (Phi) is 8.72. The molecule has 0 saturated carbocycles. The molecule has 27 heavy (non-hydrogen) atoms. The van der Waals surface area contributed by atoms with Crippen molar-refractivity contribution in [1.29, 1.82) is 0 Å². The second-order valence-electron chi connectivity index (χ2n) is 6.90. The van der Waals surface area contributed by atoms with E-state index in [1.807, 2.05) is 0 Å². The zero-order valence-corrected chi connectivity index (χ0v) is 17.0. The summed E-state index contributed by atoms with van der Waals surface area (Å²) in [4.78, 5) is 38.0. The standard InChI is InChI=1S/C19H27ClN2O5/c1-11(2)16(21)18(24)27-17(23)15(22(5)19(25)26-12(3)4)10-13-6-8-14(20)9-7-13/h6-9,11-12,15-16H,10,21H2,1-5H3/t15-,16-/m0/s1. The fourth-order valence-electron chi connectivity index (χ4n) is 2.14. The van der Waals surface area contributed by atoms with Gasteiger partial charge in [0.05, 0.1) is 6.10 Å². The van der Waals surface area contributed by atoms with Crippen molar-refractivity contribution in [3.8, 4) is 0 Å². The van der Waals surface area contributed by atoms with Crippen molar-refractivity contribution < 1.29 is 23.9 Å². The average Bonchev–Trinajstić information content (AvgIpc) is 2.58. The number of halogens is 1. The number of benzene rings is 1. The largest absolute Gasteiger partial charge is 0.447 e. The number of ether oxygens (including phenoxy) is 2. The summed E-state index contributed by atoms with van der Waals surface area (Å²) in [6, 6.07) is 4.81. The van der Waals surface area contributed by atoms with Gasteiger partial charge in [-0.2, -0.15) is 0 Å². The number of carbonyl (C=O) groups excluding carboxylic acids is 3. The van der Waals surface area contributed by atoms with Gasteiger partial charge in [0.25, 0.3) is 0 Å². The maximum absolute atomic E-state index is 12.6. The highest BCUT2D eigenvalue weighted by molar-refractivity contribution is 6.30. The molecular weight excluding hydrogens is 372 g/mol. The van der Waals surface area contributed by atoms with Crippen LogP contribution in [0.25, 0.3) is 0 Å². The highest BCUT2D eigenvalue weighted by Gasteiger charge is 2.33. The molecule has 0 saturated heterocycles. The minimum atomic E-state index is -1.05. The van der Waals surface area contributed by atoms with Gasteiger partial charge in [-0.15, -0.1) is 0 Å². The minimum absolute atomic E-state index is 0.129. The van der Waals surface area contributed by atoms with Gasteiger partial charge in [-0.1, -0.05) is 37.6 Å². The monoisotopic (exact) mass is 398 g/mol. The molecule has 0 unspecified atom stereocenters. The molecule has 150 valence electrons. The number of hydrogen-bond donors (Lipinski definition) is 1. The molecule has 0 spiro atoms. The molecule has 0 fully saturated rings. The van der Waals surface area contributed by atoms with Crippen molar-refractivity contribution in [3.63, 3.8) is 0 Å². The Labute approximate surface area is 164 Å². The number of hydrogen-bond acceptors (Lipinski definition) is 6. The van der Waals surface area contributed by atoms with Crippen molar-refractivity contribution in [1.82, 2.24) is 4.90 Å². The Hall–Kier alpha value is -2.12. The van der Waals surface area contributed by atoms with Crippen LogP contribution < -0.4 is 5.73 Å². The van der Waals surface area contributed by atoms with Gasteiger partial charge in [0, 0.05) is 18.5 Å². The van der Waals surface area contributed by atoms with Crippen molar-refractivity contribution in [2.75, 3.05) is 7.05 Å². The van der Waals surface area contributed by atoms with Gasteiger partial charge in [0.2, 0.25) is 0 Å². The lowest BCUT2D eigenvalue weighted by Gasteiger charge is -2.27. The first kappa shape index (κ1) is 22.9. The molecular formula is C19H27ClN2O5. The fraction of sp³-hybridized carbons (Fsp3) is 0.526. The second kappa shape index (κ2) is 10.3. The normalized spacial score (nSPS) is 13.2. The van der Waals surface area contributed by atoms with E-state index in [1.165, 1.54) is 7.05 Å². The van der Waals surface area contributed by atoms with Gasteiger partial charge >= 0.3 is 18.0 Å². The molecule has 2 atom stereocenters. The third-order valence-electron chi connectivity index (χ3n) is 3.90. The third kappa shape index (κ3) is 7.19. The average molecular weight is 399 g/mol. The van der Waals surface area contributed by atoms with E-state index >= 15 is 0 Å². The van der Waals surface area contributed by atoms with Crippen molar-refractivity contribution >= 4 is 29.6 Å². The first-order valence-corrected chi connectivity index (χ1v) is 9.09. The van der Waals surface area contributed by atoms with Crippen LogP contribution in [0.15, 0.2) is 24.3 Å². The van der Waals surface area contributed by atoms with E-state index in [9.17, 15) is 14.4 Å². The van der Waals surface area contributed by atoms with E-state index in [0.29, 0.717) is 5.02 Å². The van der Waals surface area contributed by atoms with Crippen LogP contribution in [0.3, 0.4) is 0 Å². The van der Waals surface area contributed by atoms with Crippen LogP contribution in [0.4, 0.5) is 4.79 Å². The van der Waals surface area contributed by atoms with E-state index in [2.05, 4.69) is 0 Å². The first-order valence-electron chi connectivity index (χ1n) is 8.72. The van der Waals surface area contributed by atoms with Gasteiger partial charge in [0.1, 0.15) is 12.1 Å². The number of esters is 2. The summed E-state index contributed by atoms with van der Waals surface area (Å²) in [6.07, 6.45) is -0.922. The topological polar surface area (TPSA) is 98.9 Å². The van der Waals surface area contributed by atoms with Gasteiger partial charge in [0.15, 0.2) is 0 Å². The molecule has 1 rings (SSSR count). The zero-order valence-electron chi connectivity index (χ0n) is 16.3. The SMILES string of the molecule is CC(C)OC(=O)N(C)[C@@H](Cc1ccc(Cl)cc1)C(=O)OC(=O)[C@@H](N)C(C)C. The van der Waals surface area contributed by atoms with Crippen LogP contribution in [0.1, 0.15) is 33.3 Å². The minimum Gasteiger partial charge on any atom is -0.447 e. The van der Waals surface area contributed by atoms with Crippen LogP contribution in [0, 0.1) is 5.92 Å². The molecule has 0 aliphatic carbocycles. The molecule has 1 aromatic carbocycles. The molecule has 0 aliphatic heterocycles. The summed E-state index contributed by atoms with van der Waals surface area (Å²) in [5, 5.41) is 0.545. The van der Waals surface area contributed by atoms with Crippen LogP contribution in [0.2, 0.25) is 5.02 Å². The Morgan fingerprint density at radius 2 is 1.63 bits per heavy atom. The second-order valence-corrected chi connectivity index (χ2v) is 7.34. The van der Waals surface area contributed by atoms with E-state index in [4.69, 9.17) is 26.8 Å². The van der Waals surface area contributed by atoms with E-state index in [-0.39, 0.29) is 18.4 Å². The maximum atomic E-state index is 12.6. The summed E-state index contributed by atoms with van der Waals surface area (Å²) < 4.78 is 10.1. The summed E-state index contributed by atoms with van der Waals surface area (Å²) in [6.45, 7) is 6.88. The summed E-state index contributed by atoms with van der Waals surface area (Å²) in [5.41, 5.74) is 6.47. The Bertz CT molecular complexity index is 661. The van der Waals surface area contributed by atoms with E-state index in [0.717, 1.165) is 10.5 Å². The summed E-state index contributed by atoms with van der Waals surface area (Å²) in [7, 11) is 1.42. The van der Waals surface area contributed by atoms with Crippen LogP contribution in [0.5, 0.6) is 0 Å². The maximum Gasteiger partial charge on any atom is 0.410 e. The van der Waals surface area contributed by atoms with Crippen molar-refractivity contribution in [2.24, 2.45) is 11.7 Å². The summed E-state index contributed by atoms with van der Waals surface area (Å²) in [5.74, 6) is -1.89. The zero-order chi connectivity index (χ0) is 20.7. The van der Waals surface area contributed by atoms with Gasteiger partial charge in [-0.3, -0.25) is 4.90 Å². The van der Waals surface area contributed by atoms with E-state index in [1.54, 1.807) is 52.0 Å². The molecule has 0 heterocycles. The van der Waals surface area contributed by atoms with Gasteiger partial charge < -0.3 is 15.2 Å². The lowest BCUT2D eigenvalue weighted by atomic mass is 10.0. The Morgan fingerprint density at radius 1 is 1.07 bits per heavy atom. The molecule has 2 N–H and O–H groups in total. The number of amides is 1. The van der Waals surface area contributed by atoms with Crippen LogP contribution in [-0.4, -0.2) is 48.2 Å². The molecule has 0 aliphatic rings. The van der Waals surface area contributed by atoms with Crippen LogP contribution in [-0.2, 0) is 25.5 Å². The predicted molar refractivity (Wildman–Crippen MR) is 102 cm³/mol. The number of likely N-dealkylation sites (N-methyl/N-ethyl adjacent to an activating group) is 1. The smallest absolute Gasteiger partial charge is 0.410 e. The molecule has 0 bridgehead atoms. The molecule has 0 aromatic heterocycles. The number of rotatable bonds is 7. The van der Waals surface area contributed by atoms with Crippen molar-refractivity contribution in [2.45, 2.75) is 52.3 Å². The number of nitrogens with zero attached hydrogens (tertiary/aromatic N) is 1. The quantitative estimate of drug-likeness (QED) is 0.560. The van der Waals surface area contributed by atoms with Crippen LogP contribution >= 0.6 is 11.6 Å². The molecule has 0 radical (unpaired) electrons. The van der Waals surface area contributed by atoms with Gasteiger partial charge in [-0.05, 0) is 37.5 Å². The predicted octanol–water partition coefficient (Wildman–Crippen LogP) is 2.78. The molecule has 1 aromatic rings. The Morgan fingerprint density at radius 3 is 2.11 bits per heavy atom. The van der Waals surface area contributed by atoms with Crippen molar-refractivity contribution in [3.05, 3.63) is 34.9 Å². The number of nitrogens with two attached hydrogens (primary N) is 1. The Balaban J connectivity index is 3.01. The van der Waals surface area contributed by atoms with Gasteiger partial charge in [-0.25, -0.2) is 14.4 Å². The first-order chi connectivity index (χ1) is 12.5. The number of carbonyl (C=O) groups is 3.